The smallest absolute Gasteiger partial charge is 0.0589 e. The summed E-state index contributed by atoms with van der Waals surface area (Å²) >= 11 is 0. The summed E-state index contributed by atoms with van der Waals surface area (Å²) < 4.78 is 0. The highest BCUT2D eigenvalue weighted by Crippen LogP contribution is 2.17. The van der Waals surface area contributed by atoms with Gasteiger partial charge in [0.1, 0.15) is 0 Å². The molecule has 0 saturated heterocycles. The first-order chi connectivity index (χ1) is 8.24. The second kappa shape index (κ2) is 6.18. The average molecular weight is 232 g/mol. The number of rotatable bonds is 4. The Bertz CT molecular complexity index is 325. The lowest BCUT2D eigenvalue weighted by Crippen LogP contribution is -2.46. The van der Waals surface area contributed by atoms with E-state index < -0.39 is 0 Å². The van der Waals surface area contributed by atoms with Crippen LogP contribution in [0.4, 0.5) is 0 Å². The van der Waals surface area contributed by atoms with Crippen molar-refractivity contribution in [2.24, 2.45) is 5.73 Å². The quantitative estimate of drug-likeness (QED) is 0.783. The van der Waals surface area contributed by atoms with Crippen LogP contribution >= 0.6 is 0 Å². The molecular weight excluding hydrogens is 208 g/mol. The molecule has 2 heteroatoms. The number of hydrogen-bond acceptors (Lipinski definition) is 2. The molecule has 1 atom stereocenters. The van der Waals surface area contributed by atoms with E-state index in [1.165, 1.54) is 43.2 Å². The van der Waals surface area contributed by atoms with Crippen LogP contribution in [-0.4, -0.2) is 12.2 Å². The largest absolute Gasteiger partial charge is 0.316 e. The van der Waals surface area contributed by atoms with E-state index in [2.05, 4.69) is 36.5 Å². The summed E-state index contributed by atoms with van der Waals surface area (Å²) in [4.78, 5) is 0. The van der Waals surface area contributed by atoms with Gasteiger partial charge in [-0.25, -0.2) is 0 Å². The zero-order valence-corrected chi connectivity index (χ0v) is 10.8. The molecule has 0 radical (unpaired) electrons. The molecule has 0 spiro atoms. The molecule has 0 bridgehead atoms. The van der Waals surface area contributed by atoms with Crippen molar-refractivity contribution in [1.29, 1.82) is 0 Å². The van der Waals surface area contributed by atoms with Gasteiger partial charge in [-0.05, 0) is 25.3 Å². The number of aryl methyl sites for hydroxylation is 1. The van der Waals surface area contributed by atoms with Crippen LogP contribution in [-0.2, 0) is 6.42 Å². The predicted octanol–water partition coefficient (Wildman–Crippen LogP) is 2.74. The molecule has 1 aliphatic rings. The van der Waals surface area contributed by atoms with E-state index in [1.54, 1.807) is 0 Å². The number of nitrogens with one attached hydrogen (secondary N) is 1. The Labute approximate surface area is 105 Å². The molecule has 94 valence electrons. The molecule has 1 fully saturated rings. The van der Waals surface area contributed by atoms with Crippen LogP contribution in [0.2, 0.25) is 0 Å². The van der Waals surface area contributed by atoms with E-state index in [0.29, 0.717) is 6.04 Å². The van der Waals surface area contributed by atoms with Crippen molar-refractivity contribution in [3.8, 4) is 0 Å². The summed E-state index contributed by atoms with van der Waals surface area (Å²) in [6, 6.07) is 9.31. The lowest BCUT2D eigenvalue weighted by atomic mass is 9.95. The molecule has 0 aliphatic heterocycles. The summed E-state index contributed by atoms with van der Waals surface area (Å²) in [6.07, 6.45) is 7.72. The molecule has 0 aromatic heterocycles. The summed E-state index contributed by atoms with van der Waals surface area (Å²) in [5.74, 6) is 0. The number of benzene rings is 1. The molecule has 1 saturated carbocycles. The van der Waals surface area contributed by atoms with Gasteiger partial charge in [0.25, 0.3) is 0 Å². The van der Waals surface area contributed by atoms with E-state index in [9.17, 15) is 0 Å². The number of hydrogen-bond donors (Lipinski definition) is 2. The fraction of sp³-hybridized carbons (Fsp3) is 0.600. The van der Waals surface area contributed by atoms with Gasteiger partial charge >= 0.3 is 0 Å². The van der Waals surface area contributed by atoms with Crippen LogP contribution in [0.3, 0.4) is 0 Å². The van der Waals surface area contributed by atoms with Crippen molar-refractivity contribution in [3.63, 3.8) is 0 Å². The highest BCUT2D eigenvalue weighted by Gasteiger charge is 2.15. The van der Waals surface area contributed by atoms with Crippen LogP contribution in [0, 0.1) is 6.92 Å². The van der Waals surface area contributed by atoms with E-state index in [-0.39, 0.29) is 6.17 Å². The first-order valence-corrected chi connectivity index (χ1v) is 6.81. The van der Waals surface area contributed by atoms with E-state index in [1.807, 2.05) is 0 Å². The standard InChI is InChI=1S/C15H24N2/c1-12-7-9-13(10-8-12)11-15(16)17-14-5-3-2-4-6-14/h7-10,14-15,17H,2-6,11,16H2,1H3/t15-/m0/s1. The van der Waals surface area contributed by atoms with Crippen molar-refractivity contribution in [2.45, 2.75) is 57.7 Å². The minimum absolute atomic E-state index is 0.0980. The van der Waals surface area contributed by atoms with Crippen molar-refractivity contribution in [1.82, 2.24) is 5.32 Å². The summed E-state index contributed by atoms with van der Waals surface area (Å²) in [5.41, 5.74) is 8.80. The molecule has 0 heterocycles. The van der Waals surface area contributed by atoms with Crippen LogP contribution < -0.4 is 11.1 Å². The van der Waals surface area contributed by atoms with Gasteiger partial charge in [0, 0.05) is 12.5 Å². The average Bonchev–Trinajstić information content (AvgIpc) is 2.33. The monoisotopic (exact) mass is 232 g/mol. The highest BCUT2D eigenvalue weighted by atomic mass is 15.0. The Morgan fingerprint density at radius 2 is 1.82 bits per heavy atom. The van der Waals surface area contributed by atoms with Gasteiger partial charge in [0.05, 0.1) is 6.17 Å². The van der Waals surface area contributed by atoms with Crippen molar-refractivity contribution in [2.75, 3.05) is 0 Å². The number of nitrogens with two attached hydrogens (primary N) is 1. The third-order valence-electron chi connectivity index (χ3n) is 3.63. The first-order valence-electron chi connectivity index (χ1n) is 6.81. The minimum Gasteiger partial charge on any atom is -0.316 e. The zero-order valence-electron chi connectivity index (χ0n) is 10.8. The van der Waals surface area contributed by atoms with Crippen molar-refractivity contribution in [3.05, 3.63) is 35.4 Å². The van der Waals surface area contributed by atoms with Gasteiger partial charge in [-0.2, -0.15) is 0 Å². The topological polar surface area (TPSA) is 38.0 Å². The molecule has 0 unspecified atom stereocenters. The van der Waals surface area contributed by atoms with E-state index >= 15 is 0 Å². The van der Waals surface area contributed by atoms with Gasteiger partial charge < -0.3 is 5.73 Å². The fourth-order valence-corrected chi connectivity index (χ4v) is 2.61. The Hall–Kier alpha value is -0.860. The molecule has 0 amide bonds. The molecule has 3 N–H and O–H groups in total. The predicted molar refractivity (Wildman–Crippen MR) is 72.9 cm³/mol. The first kappa shape index (κ1) is 12.6. The van der Waals surface area contributed by atoms with Crippen LogP contribution in [0.15, 0.2) is 24.3 Å². The van der Waals surface area contributed by atoms with Gasteiger partial charge in [0.2, 0.25) is 0 Å². The summed E-state index contributed by atoms with van der Waals surface area (Å²) in [7, 11) is 0. The van der Waals surface area contributed by atoms with E-state index in [0.717, 1.165) is 6.42 Å². The molecular formula is C15H24N2. The maximum absolute atomic E-state index is 6.16. The fourth-order valence-electron chi connectivity index (χ4n) is 2.61. The van der Waals surface area contributed by atoms with Crippen molar-refractivity contribution >= 4 is 0 Å². The third-order valence-corrected chi connectivity index (χ3v) is 3.63. The van der Waals surface area contributed by atoms with Gasteiger partial charge in [-0.1, -0.05) is 49.1 Å². The maximum Gasteiger partial charge on any atom is 0.0589 e. The Morgan fingerprint density at radius 1 is 1.18 bits per heavy atom. The molecule has 2 nitrogen and oxygen atoms in total. The maximum atomic E-state index is 6.16. The van der Waals surface area contributed by atoms with Gasteiger partial charge in [0.15, 0.2) is 0 Å². The lowest BCUT2D eigenvalue weighted by Gasteiger charge is -2.26. The molecule has 1 aliphatic carbocycles. The minimum atomic E-state index is 0.0980. The van der Waals surface area contributed by atoms with Crippen molar-refractivity contribution < 1.29 is 0 Å². The Morgan fingerprint density at radius 3 is 2.47 bits per heavy atom. The van der Waals surface area contributed by atoms with Crippen LogP contribution in [0.25, 0.3) is 0 Å². The van der Waals surface area contributed by atoms with E-state index in [4.69, 9.17) is 5.73 Å². The Kier molecular flexibility index (Phi) is 4.57. The molecule has 1 aromatic carbocycles. The highest BCUT2D eigenvalue weighted by molar-refractivity contribution is 5.21. The molecule has 1 aromatic rings. The normalized spacial score (nSPS) is 19.2. The lowest BCUT2D eigenvalue weighted by molar-refractivity contribution is 0.337. The molecule has 2 rings (SSSR count). The van der Waals surface area contributed by atoms with Crippen LogP contribution in [0.1, 0.15) is 43.2 Å². The zero-order chi connectivity index (χ0) is 12.1. The van der Waals surface area contributed by atoms with Gasteiger partial charge in [-0.15, -0.1) is 0 Å². The third kappa shape index (κ3) is 4.14. The Balaban J connectivity index is 1.79. The second-order valence-electron chi connectivity index (χ2n) is 5.30. The summed E-state index contributed by atoms with van der Waals surface area (Å²) in [6.45, 7) is 2.12. The summed E-state index contributed by atoms with van der Waals surface area (Å²) in [5, 5.41) is 3.56. The SMILES string of the molecule is Cc1ccc(C[C@@H](N)NC2CCCCC2)cc1. The molecule has 17 heavy (non-hydrogen) atoms. The van der Waals surface area contributed by atoms with Gasteiger partial charge in [-0.3, -0.25) is 5.32 Å². The second-order valence-corrected chi connectivity index (χ2v) is 5.30. The van der Waals surface area contributed by atoms with Crippen LogP contribution in [0.5, 0.6) is 0 Å².